The van der Waals surface area contributed by atoms with Crippen LogP contribution in [0.2, 0.25) is 0 Å². The van der Waals surface area contributed by atoms with Gasteiger partial charge in [0, 0.05) is 18.3 Å². The first-order valence-electron chi connectivity index (χ1n) is 5.67. The molecule has 7 heteroatoms. The Hall–Kier alpha value is -1.47. The topological polar surface area (TPSA) is 105 Å². The van der Waals surface area contributed by atoms with Gasteiger partial charge in [-0.3, -0.25) is 9.59 Å². The van der Waals surface area contributed by atoms with Crippen LogP contribution in [0.25, 0.3) is 0 Å². The molecule has 0 aliphatic heterocycles. The fourth-order valence-corrected chi connectivity index (χ4v) is 2.08. The van der Waals surface area contributed by atoms with E-state index in [9.17, 15) is 9.59 Å². The number of aliphatic carboxylic acids is 1. The highest BCUT2D eigenvalue weighted by Gasteiger charge is 2.09. The van der Waals surface area contributed by atoms with Gasteiger partial charge in [0.05, 0.1) is 18.2 Å². The van der Waals surface area contributed by atoms with E-state index < -0.39 is 5.97 Å². The van der Waals surface area contributed by atoms with Gasteiger partial charge in [-0.25, -0.2) is 4.98 Å². The van der Waals surface area contributed by atoms with Crippen LogP contribution in [-0.2, 0) is 16.0 Å². The molecule has 18 heavy (non-hydrogen) atoms. The molecule has 1 amide bonds. The maximum absolute atomic E-state index is 11.5. The average Bonchev–Trinajstić information content (AvgIpc) is 2.72. The van der Waals surface area contributed by atoms with Gasteiger partial charge < -0.3 is 16.2 Å². The number of carboxylic acid groups (broad SMARTS) is 1. The Morgan fingerprint density at radius 3 is 2.89 bits per heavy atom. The van der Waals surface area contributed by atoms with E-state index in [4.69, 9.17) is 10.8 Å². The van der Waals surface area contributed by atoms with Crippen LogP contribution in [0.5, 0.6) is 0 Å². The second kappa shape index (κ2) is 7.07. The van der Waals surface area contributed by atoms with Crippen molar-refractivity contribution in [3.8, 4) is 0 Å². The lowest BCUT2D eigenvalue weighted by molar-refractivity contribution is -0.137. The molecule has 0 saturated heterocycles. The number of nitrogens with one attached hydrogen (secondary N) is 1. The summed E-state index contributed by atoms with van der Waals surface area (Å²) in [5, 5.41) is 13.7. The minimum absolute atomic E-state index is 0.0613. The third kappa shape index (κ3) is 5.24. The molecule has 0 saturated carbocycles. The molecule has 0 aliphatic rings. The smallest absolute Gasteiger partial charge is 0.303 e. The van der Waals surface area contributed by atoms with E-state index in [0.717, 1.165) is 5.01 Å². The number of nitrogens with zero attached hydrogens (tertiary/aromatic N) is 1. The van der Waals surface area contributed by atoms with Crippen LogP contribution in [0.3, 0.4) is 0 Å². The first-order chi connectivity index (χ1) is 8.49. The quantitative estimate of drug-likeness (QED) is 0.633. The first kappa shape index (κ1) is 14.6. The van der Waals surface area contributed by atoms with Gasteiger partial charge in [0.25, 0.3) is 0 Å². The summed E-state index contributed by atoms with van der Waals surface area (Å²) in [6.45, 7) is 2.21. The zero-order valence-corrected chi connectivity index (χ0v) is 11.0. The number of carbonyl (C=O) groups excluding carboxylic acids is 1. The highest BCUT2D eigenvalue weighted by molar-refractivity contribution is 7.09. The van der Waals surface area contributed by atoms with E-state index in [-0.39, 0.29) is 24.8 Å². The molecule has 0 aromatic carbocycles. The molecule has 0 radical (unpaired) electrons. The van der Waals surface area contributed by atoms with Crippen molar-refractivity contribution < 1.29 is 14.7 Å². The number of amides is 1. The molecular weight excluding hydrogens is 254 g/mol. The van der Waals surface area contributed by atoms with E-state index in [1.165, 1.54) is 11.3 Å². The number of rotatable bonds is 7. The molecular formula is C11H17N3O3S. The molecule has 1 atom stereocenters. The Bertz CT molecular complexity index is 417. The second-order valence-electron chi connectivity index (χ2n) is 3.99. The summed E-state index contributed by atoms with van der Waals surface area (Å²) in [5.41, 5.74) is 6.37. The highest BCUT2D eigenvalue weighted by Crippen LogP contribution is 2.15. The van der Waals surface area contributed by atoms with Gasteiger partial charge in [0.1, 0.15) is 5.01 Å². The summed E-state index contributed by atoms with van der Waals surface area (Å²) in [6, 6.07) is -0.123. The standard InChI is InChI=1S/C11H17N3O3S/c1-7(12)11-14-8(6-18-11)5-9(15)13-4-2-3-10(16)17/h6-7H,2-5,12H2,1H3,(H,13,15)(H,16,17). The van der Waals surface area contributed by atoms with Crippen LogP contribution in [-0.4, -0.2) is 28.5 Å². The Labute approximate surface area is 109 Å². The van der Waals surface area contributed by atoms with Crippen molar-refractivity contribution in [2.24, 2.45) is 5.73 Å². The molecule has 1 unspecified atom stereocenters. The Balaban J connectivity index is 2.28. The molecule has 1 aromatic heterocycles. The minimum atomic E-state index is -0.856. The number of nitrogens with two attached hydrogens (primary N) is 1. The van der Waals surface area contributed by atoms with Crippen LogP contribution >= 0.6 is 11.3 Å². The third-order valence-corrected chi connectivity index (χ3v) is 3.28. The maximum atomic E-state index is 11.5. The van der Waals surface area contributed by atoms with Gasteiger partial charge >= 0.3 is 5.97 Å². The normalized spacial score (nSPS) is 12.1. The monoisotopic (exact) mass is 271 g/mol. The molecule has 0 bridgehead atoms. The van der Waals surface area contributed by atoms with E-state index in [2.05, 4.69) is 10.3 Å². The van der Waals surface area contributed by atoms with Crippen molar-refractivity contribution in [1.82, 2.24) is 10.3 Å². The van der Waals surface area contributed by atoms with Crippen LogP contribution < -0.4 is 11.1 Å². The van der Waals surface area contributed by atoms with Crippen molar-refractivity contribution in [2.45, 2.75) is 32.2 Å². The van der Waals surface area contributed by atoms with Gasteiger partial charge in [0.15, 0.2) is 0 Å². The zero-order valence-electron chi connectivity index (χ0n) is 10.2. The third-order valence-electron chi connectivity index (χ3n) is 2.19. The summed E-state index contributed by atoms with van der Waals surface area (Å²) in [5.74, 6) is -1.01. The van der Waals surface area contributed by atoms with Crippen molar-refractivity contribution in [1.29, 1.82) is 0 Å². The predicted octanol–water partition coefficient (Wildman–Crippen LogP) is 0.686. The van der Waals surface area contributed by atoms with Crippen molar-refractivity contribution in [2.75, 3.05) is 6.54 Å². The first-order valence-corrected chi connectivity index (χ1v) is 6.55. The average molecular weight is 271 g/mol. The fraction of sp³-hybridized carbons (Fsp3) is 0.545. The molecule has 0 spiro atoms. The van der Waals surface area contributed by atoms with Crippen LogP contribution in [0.1, 0.15) is 36.5 Å². The Morgan fingerprint density at radius 1 is 1.61 bits per heavy atom. The Morgan fingerprint density at radius 2 is 2.33 bits per heavy atom. The minimum Gasteiger partial charge on any atom is -0.481 e. The number of hydrogen-bond acceptors (Lipinski definition) is 5. The summed E-state index contributed by atoms with van der Waals surface area (Å²) in [7, 11) is 0. The SMILES string of the molecule is CC(N)c1nc(CC(=O)NCCCC(=O)O)cs1. The van der Waals surface area contributed by atoms with Crippen LogP contribution in [0.4, 0.5) is 0 Å². The molecule has 1 aromatic rings. The van der Waals surface area contributed by atoms with Crippen molar-refractivity contribution >= 4 is 23.2 Å². The summed E-state index contributed by atoms with van der Waals surface area (Å²) >= 11 is 1.44. The van der Waals surface area contributed by atoms with Crippen LogP contribution in [0, 0.1) is 0 Å². The summed E-state index contributed by atoms with van der Waals surface area (Å²) < 4.78 is 0. The second-order valence-corrected chi connectivity index (χ2v) is 4.88. The van der Waals surface area contributed by atoms with E-state index in [1.54, 1.807) is 0 Å². The molecule has 0 fully saturated rings. The lowest BCUT2D eigenvalue weighted by atomic mass is 10.3. The van der Waals surface area contributed by atoms with Gasteiger partial charge in [-0.2, -0.15) is 0 Å². The number of thiazole rings is 1. The lowest BCUT2D eigenvalue weighted by Crippen LogP contribution is -2.26. The molecule has 6 nitrogen and oxygen atoms in total. The molecule has 1 rings (SSSR count). The number of carboxylic acids is 1. The van der Waals surface area contributed by atoms with Gasteiger partial charge in [-0.05, 0) is 13.3 Å². The van der Waals surface area contributed by atoms with Crippen molar-refractivity contribution in [3.05, 3.63) is 16.1 Å². The maximum Gasteiger partial charge on any atom is 0.303 e. The molecule has 100 valence electrons. The number of aromatic nitrogens is 1. The molecule has 1 heterocycles. The predicted molar refractivity (Wildman–Crippen MR) is 68.3 cm³/mol. The lowest BCUT2D eigenvalue weighted by Gasteiger charge is -2.02. The highest BCUT2D eigenvalue weighted by atomic mass is 32.1. The van der Waals surface area contributed by atoms with E-state index in [0.29, 0.717) is 18.7 Å². The van der Waals surface area contributed by atoms with E-state index in [1.807, 2.05) is 12.3 Å². The zero-order chi connectivity index (χ0) is 13.5. The van der Waals surface area contributed by atoms with Gasteiger partial charge in [-0.15, -0.1) is 11.3 Å². The fourth-order valence-electron chi connectivity index (χ4n) is 1.31. The van der Waals surface area contributed by atoms with Crippen molar-refractivity contribution in [3.63, 3.8) is 0 Å². The van der Waals surface area contributed by atoms with Crippen LogP contribution in [0.15, 0.2) is 5.38 Å². The van der Waals surface area contributed by atoms with Gasteiger partial charge in [0.2, 0.25) is 5.91 Å². The number of hydrogen-bond donors (Lipinski definition) is 3. The Kier molecular flexibility index (Phi) is 5.73. The number of carbonyl (C=O) groups is 2. The molecule has 0 aliphatic carbocycles. The largest absolute Gasteiger partial charge is 0.481 e. The molecule has 4 N–H and O–H groups in total. The summed E-state index contributed by atoms with van der Waals surface area (Å²) in [4.78, 5) is 26.0. The van der Waals surface area contributed by atoms with E-state index >= 15 is 0 Å². The summed E-state index contributed by atoms with van der Waals surface area (Å²) in [6.07, 6.45) is 0.700. The van der Waals surface area contributed by atoms with Gasteiger partial charge in [-0.1, -0.05) is 0 Å².